The molecule has 2 aliphatic rings. The van der Waals surface area contributed by atoms with Crippen molar-refractivity contribution in [2.45, 2.75) is 40.5 Å². The summed E-state index contributed by atoms with van der Waals surface area (Å²) in [6.45, 7) is 7.89. The predicted molar refractivity (Wildman–Crippen MR) is 53.8 cm³/mol. The molecule has 0 saturated heterocycles. The van der Waals surface area contributed by atoms with Crippen molar-refractivity contribution in [1.29, 1.82) is 0 Å². The smallest absolute Gasteiger partial charge is 0.150 e. The van der Waals surface area contributed by atoms with Gasteiger partial charge in [-0.1, -0.05) is 20.8 Å². The molecule has 0 radical (unpaired) electrons. The number of rotatable bonds is 1. The van der Waals surface area contributed by atoms with E-state index in [0.717, 1.165) is 12.8 Å². The van der Waals surface area contributed by atoms with Crippen LogP contribution in [0.3, 0.4) is 0 Å². The van der Waals surface area contributed by atoms with Crippen LogP contribution in [0.2, 0.25) is 0 Å². The first-order valence-corrected chi connectivity index (χ1v) is 5.37. The van der Waals surface area contributed by atoms with Crippen molar-refractivity contribution >= 4 is 11.6 Å². The van der Waals surface area contributed by atoms with Crippen LogP contribution in [0, 0.1) is 22.7 Å². The van der Waals surface area contributed by atoms with Gasteiger partial charge in [-0.15, -0.1) is 0 Å². The van der Waals surface area contributed by atoms with E-state index >= 15 is 0 Å². The average molecular weight is 194 g/mol. The van der Waals surface area contributed by atoms with Gasteiger partial charge in [0.15, 0.2) is 0 Å². The summed E-state index contributed by atoms with van der Waals surface area (Å²) in [5, 5.41) is 0. The molecule has 2 nitrogen and oxygen atoms in total. The Labute approximate surface area is 85.1 Å². The van der Waals surface area contributed by atoms with Crippen molar-refractivity contribution < 1.29 is 9.59 Å². The van der Waals surface area contributed by atoms with Crippen LogP contribution < -0.4 is 0 Å². The summed E-state index contributed by atoms with van der Waals surface area (Å²) in [4.78, 5) is 23.6. The highest BCUT2D eigenvalue weighted by Crippen LogP contribution is 2.65. The van der Waals surface area contributed by atoms with Gasteiger partial charge >= 0.3 is 0 Å². The van der Waals surface area contributed by atoms with E-state index < -0.39 is 0 Å². The van der Waals surface area contributed by atoms with E-state index in [1.54, 1.807) is 6.92 Å². The van der Waals surface area contributed by atoms with Gasteiger partial charge in [-0.2, -0.15) is 0 Å². The fourth-order valence-electron chi connectivity index (χ4n) is 3.55. The zero-order chi connectivity index (χ0) is 10.7. The Morgan fingerprint density at radius 1 is 1.36 bits per heavy atom. The Bertz CT molecular complexity index is 316. The SMILES string of the molecule is CC(=O)C1C(=O)C2(C)CCC1C2(C)C. The first-order valence-electron chi connectivity index (χ1n) is 5.37. The van der Waals surface area contributed by atoms with Crippen molar-refractivity contribution in [2.75, 3.05) is 0 Å². The Balaban J connectivity index is 2.49. The molecule has 2 saturated carbocycles. The predicted octanol–water partition coefficient (Wildman–Crippen LogP) is 2.22. The number of carbonyl (C=O) groups excluding carboxylic acids is 2. The first kappa shape index (κ1) is 9.88. The standard InChI is InChI=1S/C12H18O2/c1-7(13)9-8-5-6-12(4,10(9)14)11(8,2)3/h8-9H,5-6H2,1-4H3. The molecule has 3 unspecified atom stereocenters. The summed E-state index contributed by atoms with van der Waals surface area (Å²) in [5.74, 6) is 0.254. The third kappa shape index (κ3) is 0.825. The van der Waals surface area contributed by atoms with Crippen LogP contribution in [0.25, 0.3) is 0 Å². The fraction of sp³-hybridized carbons (Fsp3) is 0.833. The number of fused-ring (bicyclic) bond motifs is 2. The Morgan fingerprint density at radius 2 is 1.93 bits per heavy atom. The molecule has 0 heterocycles. The minimum atomic E-state index is -0.302. The van der Waals surface area contributed by atoms with Crippen molar-refractivity contribution in [3.8, 4) is 0 Å². The Hall–Kier alpha value is -0.660. The van der Waals surface area contributed by atoms with Gasteiger partial charge < -0.3 is 0 Å². The van der Waals surface area contributed by atoms with Crippen molar-refractivity contribution in [1.82, 2.24) is 0 Å². The maximum absolute atomic E-state index is 12.1. The van der Waals surface area contributed by atoms with Gasteiger partial charge in [-0.25, -0.2) is 0 Å². The van der Waals surface area contributed by atoms with E-state index in [9.17, 15) is 9.59 Å². The van der Waals surface area contributed by atoms with E-state index in [2.05, 4.69) is 13.8 Å². The number of carbonyl (C=O) groups is 2. The van der Waals surface area contributed by atoms with E-state index in [1.165, 1.54) is 0 Å². The second-order valence-corrected chi connectivity index (χ2v) is 5.65. The van der Waals surface area contributed by atoms with Gasteiger partial charge in [-0.3, -0.25) is 9.59 Å². The summed E-state index contributed by atoms with van der Waals surface area (Å²) in [5.41, 5.74) is -0.228. The first-order chi connectivity index (χ1) is 6.32. The van der Waals surface area contributed by atoms with E-state index in [1.807, 2.05) is 6.92 Å². The number of ketones is 2. The lowest BCUT2D eigenvalue weighted by Crippen LogP contribution is -2.34. The van der Waals surface area contributed by atoms with E-state index in [0.29, 0.717) is 0 Å². The molecule has 2 bridgehead atoms. The number of hydrogen-bond donors (Lipinski definition) is 0. The number of hydrogen-bond acceptors (Lipinski definition) is 2. The third-order valence-corrected chi connectivity index (χ3v) is 4.97. The molecular weight excluding hydrogens is 176 g/mol. The van der Waals surface area contributed by atoms with Crippen LogP contribution in [-0.4, -0.2) is 11.6 Å². The molecule has 0 aromatic carbocycles. The molecule has 14 heavy (non-hydrogen) atoms. The minimum Gasteiger partial charge on any atom is -0.299 e. The molecule has 2 aliphatic carbocycles. The van der Waals surface area contributed by atoms with Crippen LogP contribution in [-0.2, 0) is 9.59 Å². The lowest BCUT2D eigenvalue weighted by molar-refractivity contribution is -0.137. The quantitative estimate of drug-likeness (QED) is 0.600. The van der Waals surface area contributed by atoms with Crippen LogP contribution in [0.15, 0.2) is 0 Å². The molecule has 2 fully saturated rings. The van der Waals surface area contributed by atoms with Crippen LogP contribution in [0.1, 0.15) is 40.5 Å². The summed E-state index contributed by atoms with van der Waals surface area (Å²) < 4.78 is 0. The van der Waals surface area contributed by atoms with E-state index in [4.69, 9.17) is 0 Å². The molecule has 78 valence electrons. The van der Waals surface area contributed by atoms with Crippen LogP contribution in [0.5, 0.6) is 0 Å². The van der Waals surface area contributed by atoms with E-state index in [-0.39, 0.29) is 34.2 Å². The molecule has 0 aliphatic heterocycles. The third-order valence-electron chi connectivity index (χ3n) is 4.97. The lowest BCUT2D eigenvalue weighted by atomic mass is 9.70. The zero-order valence-electron chi connectivity index (χ0n) is 9.39. The molecule has 0 spiro atoms. The topological polar surface area (TPSA) is 34.1 Å². The summed E-state index contributed by atoms with van der Waals surface area (Å²) in [6.07, 6.45) is 2.01. The van der Waals surface area contributed by atoms with Crippen molar-refractivity contribution in [3.63, 3.8) is 0 Å². The fourth-order valence-corrected chi connectivity index (χ4v) is 3.55. The summed E-state index contributed by atoms with van der Waals surface area (Å²) >= 11 is 0. The van der Waals surface area contributed by atoms with Crippen molar-refractivity contribution in [3.05, 3.63) is 0 Å². The van der Waals surface area contributed by atoms with Crippen LogP contribution in [0.4, 0.5) is 0 Å². The largest absolute Gasteiger partial charge is 0.299 e. The molecule has 2 heteroatoms. The maximum Gasteiger partial charge on any atom is 0.150 e. The minimum absolute atomic E-state index is 0.0143. The van der Waals surface area contributed by atoms with Gasteiger partial charge in [0, 0.05) is 5.41 Å². The molecule has 0 N–H and O–H groups in total. The zero-order valence-corrected chi connectivity index (χ0v) is 9.39. The summed E-state index contributed by atoms with van der Waals surface area (Å²) in [7, 11) is 0. The monoisotopic (exact) mass is 194 g/mol. The molecule has 0 aromatic rings. The second kappa shape index (κ2) is 2.47. The van der Waals surface area contributed by atoms with Crippen LogP contribution >= 0.6 is 0 Å². The number of Topliss-reactive ketones (excluding diaryl/α,β-unsaturated/α-hetero) is 2. The molecule has 2 rings (SSSR count). The second-order valence-electron chi connectivity index (χ2n) is 5.65. The Morgan fingerprint density at radius 3 is 2.21 bits per heavy atom. The van der Waals surface area contributed by atoms with Gasteiger partial charge in [0.2, 0.25) is 0 Å². The Kier molecular flexibility index (Phi) is 1.74. The van der Waals surface area contributed by atoms with Crippen molar-refractivity contribution in [2.24, 2.45) is 22.7 Å². The lowest BCUT2D eigenvalue weighted by Gasteiger charge is -2.32. The highest BCUT2D eigenvalue weighted by atomic mass is 16.2. The molecular formula is C12H18O2. The normalized spacial score (nSPS) is 44.4. The average Bonchev–Trinajstić information content (AvgIpc) is 2.35. The molecule has 0 aromatic heterocycles. The van der Waals surface area contributed by atoms with Gasteiger partial charge in [0.1, 0.15) is 11.6 Å². The maximum atomic E-state index is 12.1. The highest BCUT2D eigenvalue weighted by Gasteiger charge is 2.67. The molecule has 3 atom stereocenters. The van der Waals surface area contributed by atoms with Gasteiger partial charge in [0.05, 0.1) is 5.92 Å². The van der Waals surface area contributed by atoms with Gasteiger partial charge in [-0.05, 0) is 31.1 Å². The molecule has 0 amide bonds. The highest BCUT2D eigenvalue weighted by molar-refractivity contribution is 6.07. The van der Waals surface area contributed by atoms with Gasteiger partial charge in [0.25, 0.3) is 0 Å². The summed E-state index contributed by atoms with van der Waals surface area (Å²) in [6, 6.07) is 0.